The maximum absolute atomic E-state index is 11.3. The van der Waals surface area contributed by atoms with Crippen molar-refractivity contribution in [1.82, 2.24) is 0 Å². The van der Waals surface area contributed by atoms with E-state index >= 15 is 0 Å². The van der Waals surface area contributed by atoms with Gasteiger partial charge in [-0.05, 0) is 31.2 Å². The fourth-order valence-corrected chi connectivity index (χ4v) is 1.00. The first-order valence-electron chi connectivity index (χ1n) is 4.66. The summed E-state index contributed by atoms with van der Waals surface area (Å²) in [6, 6.07) is 6.25. The van der Waals surface area contributed by atoms with Crippen LogP contribution in [0.4, 0.5) is 0 Å². The Kier molecular flexibility index (Phi) is 6.17. The second-order valence-corrected chi connectivity index (χ2v) is 3.10. The molecule has 2 N–H and O–H groups in total. The summed E-state index contributed by atoms with van der Waals surface area (Å²) >= 11 is 5.65. The molecule has 1 unspecified atom stereocenters. The third-order valence-electron chi connectivity index (χ3n) is 1.54. The van der Waals surface area contributed by atoms with Crippen molar-refractivity contribution in [3.8, 4) is 0 Å². The Bertz CT molecular complexity index is 280. The molecule has 2 nitrogen and oxygen atoms in total. The first kappa shape index (κ1) is 13.1. The standard InChI is InChI=1S/C9H10ClNO.C2H6/c1-6(11)9(12)7-2-4-8(10)5-3-7;1-2/h2-6H,11H2,1H3;1-2H3. The van der Waals surface area contributed by atoms with E-state index in [1.54, 1.807) is 31.2 Å². The van der Waals surface area contributed by atoms with E-state index in [2.05, 4.69) is 0 Å². The van der Waals surface area contributed by atoms with Crippen molar-refractivity contribution in [2.75, 3.05) is 0 Å². The number of nitrogens with two attached hydrogens (primary N) is 1. The molecule has 1 aromatic rings. The Labute approximate surface area is 90.1 Å². The lowest BCUT2D eigenvalue weighted by Gasteiger charge is -2.03. The van der Waals surface area contributed by atoms with Crippen molar-refractivity contribution in [1.29, 1.82) is 0 Å². The Balaban J connectivity index is 0.000000791. The Hall–Kier alpha value is -0.860. The topological polar surface area (TPSA) is 43.1 Å². The van der Waals surface area contributed by atoms with Gasteiger partial charge in [-0.1, -0.05) is 25.4 Å². The number of hydrogen-bond acceptors (Lipinski definition) is 2. The zero-order chi connectivity index (χ0) is 11.1. The van der Waals surface area contributed by atoms with Crippen LogP contribution in [0.15, 0.2) is 24.3 Å². The van der Waals surface area contributed by atoms with E-state index in [0.29, 0.717) is 10.6 Å². The van der Waals surface area contributed by atoms with Crippen molar-refractivity contribution >= 4 is 17.4 Å². The van der Waals surface area contributed by atoms with Crippen LogP contribution in [0.1, 0.15) is 31.1 Å². The molecule has 0 aromatic heterocycles. The third kappa shape index (κ3) is 3.90. The van der Waals surface area contributed by atoms with Gasteiger partial charge in [0.15, 0.2) is 5.78 Å². The quantitative estimate of drug-likeness (QED) is 0.768. The number of carbonyl (C=O) groups excluding carboxylic acids is 1. The molecule has 3 heteroatoms. The average Bonchev–Trinajstić information content (AvgIpc) is 2.21. The number of Topliss-reactive ketones (excluding diaryl/α,β-unsaturated/α-hetero) is 1. The summed E-state index contributed by atoms with van der Waals surface area (Å²) in [6.07, 6.45) is 0. The predicted molar refractivity (Wildman–Crippen MR) is 60.8 cm³/mol. The Morgan fingerprint density at radius 1 is 1.29 bits per heavy atom. The van der Waals surface area contributed by atoms with E-state index < -0.39 is 6.04 Å². The molecule has 0 heterocycles. The molecule has 0 saturated carbocycles. The van der Waals surface area contributed by atoms with Gasteiger partial charge in [0.05, 0.1) is 6.04 Å². The normalized spacial score (nSPS) is 11.2. The zero-order valence-electron chi connectivity index (χ0n) is 8.75. The number of benzene rings is 1. The highest BCUT2D eigenvalue weighted by atomic mass is 35.5. The largest absolute Gasteiger partial charge is 0.321 e. The van der Waals surface area contributed by atoms with E-state index in [1.165, 1.54) is 0 Å². The molecule has 0 amide bonds. The Morgan fingerprint density at radius 2 is 1.71 bits per heavy atom. The second kappa shape index (κ2) is 6.57. The van der Waals surface area contributed by atoms with Crippen molar-refractivity contribution in [2.24, 2.45) is 5.73 Å². The number of hydrogen-bond donors (Lipinski definition) is 1. The van der Waals surface area contributed by atoms with Crippen molar-refractivity contribution < 1.29 is 4.79 Å². The number of halogens is 1. The van der Waals surface area contributed by atoms with Crippen LogP contribution in [-0.2, 0) is 0 Å². The van der Waals surface area contributed by atoms with Gasteiger partial charge in [-0.25, -0.2) is 0 Å². The lowest BCUT2D eigenvalue weighted by molar-refractivity contribution is 0.0968. The van der Waals surface area contributed by atoms with Crippen LogP contribution in [0.5, 0.6) is 0 Å². The van der Waals surface area contributed by atoms with Crippen LogP contribution in [-0.4, -0.2) is 11.8 Å². The van der Waals surface area contributed by atoms with Crippen LogP contribution in [0, 0.1) is 0 Å². The van der Waals surface area contributed by atoms with Crippen LogP contribution < -0.4 is 5.73 Å². The van der Waals surface area contributed by atoms with Crippen molar-refractivity contribution in [3.63, 3.8) is 0 Å². The number of carbonyl (C=O) groups is 1. The number of rotatable bonds is 2. The molecule has 0 saturated heterocycles. The lowest BCUT2D eigenvalue weighted by Crippen LogP contribution is -2.26. The molecule has 0 spiro atoms. The smallest absolute Gasteiger partial charge is 0.179 e. The molecular weight excluding hydrogens is 198 g/mol. The molecule has 0 aliphatic carbocycles. The summed E-state index contributed by atoms with van der Waals surface area (Å²) in [5.41, 5.74) is 6.03. The fourth-order valence-electron chi connectivity index (χ4n) is 0.877. The maximum Gasteiger partial charge on any atom is 0.179 e. The summed E-state index contributed by atoms with van der Waals surface area (Å²) in [4.78, 5) is 11.3. The maximum atomic E-state index is 11.3. The molecule has 0 aliphatic heterocycles. The van der Waals surface area contributed by atoms with Gasteiger partial charge in [0, 0.05) is 10.6 Å². The first-order valence-corrected chi connectivity index (χ1v) is 5.04. The van der Waals surface area contributed by atoms with E-state index in [0.717, 1.165) is 0 Å². The molecular formula is C11H16ClNO. The molecule has 1 aromatic carbocycles. The highest BCUT2D eigenvalue weighted by molar-refractivity contribution is 6.30. The monoisotopic (exact) mass is 213 g/mol. The summed E-state index contributed by atoms with van der Waals surface area (Å²) < 4.78 is 0. The van der Waals surface area contributed by atoms with Gasteiger partial charge < -0.3 is 5.73 Å². The highest BCUT2D eigenvalue weighted by Gasteiger charge is 2.09. The minimum Gasteiger partial charge on any atom is -0.321 e. The highest BCUT2D eigenvalue weighted by Crippen LogP contribution is 2.10. The van der Waals surface area contributed by atoms with Gasteiger partial charge in [-0.3, -0.25) is 4.79 Å². The number of ketones is 1. The van der Waals surface area contributed by atoms with Gasteiger partial charge in [0.2, 0.25) is 0 Å². The van der Waals surface area contributed by atoms with Gasteiger partial charge in [0.1, 0.15) is 0 Å². The van der Waals surface area contributed by atoms with E-state index in [4.69, 9.17) is 17.3 Å². The molecule has 0 radical (unpaired) electrons. The van der Waals surface area contributed by atoms with Crippen LogP contribution in [0.2, 0.25) is 5.02 Å². The molecule has 1 rings (SSSR count). The molecule has 78 valence electrons. The van der Waals surface area contributed by atoms with Gasteiger partial charge in [0.25, 0.3) is 0 Å². The molecule has 0 aliphatic rings. The summed E-state index contributed by atoms with van der Waals surface area (Å²) in [5, 5.41) is 0.622. The minimum absolute atomic E-state index is 0.0633. The van der Waals surface area contributed by atoms with Crippen molar-refractivity contribution in [2.45, 2.75) is 26.8 Å². The van der Waals surface area contributed by atoms with E-state index in [9.17, 15) is 4.79 Å². The van der Waals surface area contributed by atoms with Gasteiger partial charge >= 0.3 is 0 Å². The van der Waals surface area contributed by atoms with Crippen LogP contribution in [0.25, 0.3) is 0 Å². The first-order chi connectivity index (χ1) is 6.61. The average molecular weight is 214 g/mol. The van der Waals surface area contributed by atoms with Gasteiger partial charge in [-0.2, -0.15) is 0 Å². The fraction of sp³-hybridized carbons (Fsp3) is 0.364. The Morgan fingerprint density at radius 3 is 2.07 bits per heavy atom. The minimum atomic E-state index is -0.453. The lowest BCUT2D eigenvalue weighted by atomic mass is 10.1. The summed E-state index contributed by atoms with van der Waals surface area (Å²) in [7, 11) is 0. The molecule has 0 bridgehead atoms. The van der Waals surface area contributed by atoms with Crippen LogP contribution >= 0.6 is 11.6 Å². The van der Waals surface area contributed by atoms with Gasteiger partial charge in [-0.15, -0.1) is 0 Å². The summed E-state index contributed by atoms with van der Waals surface area (Å²) in [5.74, 6) is -0.0633. The summed E-state index contributed by atoms with van der Waals surface area (Å²) in [6.45, 7) is 5.66. The SMILES string of the molecule is CC.CC(N)C(=O)c1ccc(Cl)cc1. The molecule has 0 fully saturated rings. The van der Waals surface area contributed by atoms with Crippen molar-refractivity contribution in [3.05, 3.63) is 34.9 Å². The van der Waals surface area contributed by atoms with Crippen LogP contribution in [0.3, 0.4) is 0 Å². The second-order valence-electron chi connectivity index (χ2n) is 2.66. The molecule has 14 heavy (non-hydrogen) atoms. The van der Waals surface area contributed by atoms with E-state index in [1.807, 2.05) is 13.8 Å². The zero-order valence-corrected chi connectivity index (χ0v) is 9.51. The van der Waals surface area contributed by atoms with E-state index in [-0.39, 0.29) is 5.78 Å². The third-order valence-corrected chi connectivity index (χ3v) is 1.79. The predicted octanol–water partition coefficient (Wildman–Crippen LogP) is 2.90. The molecule has 1 atom stereocenters.